The van der Waals surface area contributed by atoms with Gasteiger partial charge in [0.2, 0.25) is 0 Å². The lowest BCUT2D eigenvalue weighted by Gasteiger charge is -2.38. The second-order valence-corrected chi connectivity index (χ2v) is 7.28. The molecule has 1 heterocycles. The quantitative estimate of drug-likeness (QED) is 0.575. The minimum Gasteiger partial charge on any atom is -0.495 e. The van der Waals surface area contributed by atoms with Crippen LogP contribution >= 0.6 is 12.2 Å². The van der Waals surface area contributed by atoms with E-state index in [-0.39, 0.29) is 6.10 Å². The number of hydrogen-bond donors (Lipinski definition) is 1. The first-order valence-electron chi connectivity index (χ1n) is 9.24. The van der Waals surface area contributed by atoms with E-state index in [2.05, 4.69) is 5.32 Å². The van der Waals surface area contributed by atoms with E-state index in [0.29, 0.717) is 33.4 Å². The van der Waals surface area contributed by atoms with Crippen LogP contribution in [0.25, 0.3) is 0 Å². The highest BCUT2D eigenvalue weighted by molar-refractivity contribution is 7.80. The number of methoxy groups -OCH3 is 1. The molecule has 0 bridgehead atoms. The van der Waals surface area contributed by atoms with Crippen molar-refractivity contribution in [2.75, 3.05) is 12.0 Å². The second-order valence-electron chi connectivity index (χ2n) is 6.90. The summed E-state index contributed by atoms with van der Waals surface area (Å²) in [6.45, 7) is 5.36. The molecule has 0 aromatic heterocycles. The number of benzene rings is 2. The number of hydrogen-bond acceptors (Lipinski definition) is 4. The van der Waals surface area contributed by atoms with Gasteiger partial charge in [-0.25, -0.2) is 9.18 Å². The van der Waals surface area contributed by atoms with Gasteiger partial charge in [-0.1, -0.05) is 24.3 Å². The highest BCUT2D eigenvalue weighted by Crippen LogP contribution is 2.38. The summed E-state index contributed by atoms with van der Waals surface area (Å²) in [5, 5.41) is 3.55. The van der Waals surface area contributed by atoms with E-state index in [1.807, 2.05) is 24.3 Å². The number of rotatable bonds is 5. The van der Waals surface area contributed by atoms with E-state index in [4.69, 9.17) is 21.7 Å². The van der Waals surface area contributed by atoms with Crippen LogP contribution in [0, 0.1) is 5.82 Å². The largest absolute Gasteiger partial charge is 0.495 e. The van der Waals surface area contributed by atoms with Gasteiger partial charge in [0, 0.05) is 5.70 Å². The molecule has 2 aromatic rings. The van der Waals surface area contributed by atoms with Crippen LogP contribution in [0.3, 0.4) is 0 Å². The number of carbonyl (C=O) groups excluding carboxylic acids is 1. The van der Waals surface area contributed by atoms with Gasteiger partial charge in [0.1, 0.15) is 11.6 Å². The zero-order valence-electron chi connectivity index (χ0n) is 16.7. The molecule has 5 nitrogen and oxygen atoms in total. The maximum atomic E-state index is 13.9. The van der Waals surface area contributed by atoms with Crippen molar-refractivity contribution >= 4 is 29.0 Å². The van der Waals surface area contributed by atoms with E-state index in [1.54, 1.807) is 44.9 Å². The predicted octanol–water partition coefficient (Wildman–Crippen LogP) is 4.50. The van der Waals surface area contributed by atoms with Gasteiger partial charge in [-0.15, -0.1) is 0 Å². The van der Waals surface area contributed by atoms with Crippen molar-refractivity contribution in [2.45, 2.75) is 32.9 Å². The van der Waals surface area contributed by atoms with Gasteiger partial charge >= 0.3 is 5.97 Å². The molecular weight excluding hydrogens is 391 g/mol. The third-order valence-electron chi connectivity index (χ3n) is 4.56. The molecule has 0 radical (unpaired) electrons. The van der Waals surface area contributed by atoms with Gasteiger partial charge < -0.3 is 14.8 Å². The maximum Gasteiger partial charge on any atom is 0.338 e. The zero-order chi connectivity index (χ0) is 21.1. The van der Waals surface area contributed by atoms with E-state index in [0.717, 1.165) is 0 Å². The maximum absolute atomic E-state index is 13.9. The minimum absolute atomic E-state index is 0.301. The molecule has 1 atom stereocenters. The normalized spacial score (nSPS) is 16.7. The molecule has 0 fully saturated rings. The van der Waals surface area contributed by atoms with Gasteiger partial charge in [0.15, 0.2) is 5.11 Å². The lowest BCUT2D eigenvalue weighted by atomic mass is 9.94. The standard InChI is InChI=1S/C22H23FN2O3S/c1-13(2)28-21(26)19-14(3)25(17-10-5-6-11-18(17)27-4)22(29)24-20(19)15-8-7-9-16(23)12-15/h5-13,20H,1-4H3,(H,24,29)/t20-/m0/s1. The average molecular weight is 415 g/mol. The van der Waals surface area contributed by atoms with Gasteiger partial charge in [-0.2, -0.15) is 0 Å². The fraction of sp³-hybridized carbons (Fsp3) is 0.273. The average Bonchev–Trinajstić information content (AvgIpc) is 2.67. The Bertz CT molecular complexity index is 974. The topological polar surface area (TPSA) is 50.8 Å². The van der Waals surface area contributed by atoms with Gasteiger partial charge in [-0.3, -0.25) is 4.90 Å². The fourth-order valence-corrected chi connectivity index (χ4v) is 3.68. The Morgan fingerprint density at radius 3 is 2.59 bits per heavy atom. The predicted molar refractivity (Wildman–Crippen MR) is 114 cm³/mol. The molecule has 152 valence electrons. The van der Waals surface area contributed by atoms with Crippen molar-refractivity contribution in [3.8, 4) is 5.75 Å². The molecule has 0 amide bonds. The van der Waals surface area contributed by atoms with Gasteiger partial charge in [0.25, 0.3) is 0 Å². The van der Waals surface area contributed by atoms with Crippen LogP contribution in [-0.2, 0) is 9.53 Å². The van der Waals surface area contributed by atoms with Crippen molar-refractivity contribution in [3.63, 3.8) is 0 Å². The molecular formula is C22H23FN2O3S. The first-order chi connectivity index (χ1) is 13.8. The molecule has 0 saturated carbocycles. The third-order valence-corrected chi connectivity index (χ3v) is 4.86. The van der Waals surface area contributed by atoms with E-state index >= 15 is 0 Å². The van der Waals surface area contributed by atoms with Crippen LogP contribution in [0.2, 0.25) is 0 Å². The van der Waals surface area contributed by atoms with Gasteiger partial charge in [0.05, 0.1) is 30.5 Å². The number of esters is 1. The van der Waals surface area contributed by atoms with Crippen LogP contribution in [-0.4, -0.2) is 24.3 Å². The lowest BCUT2D eigenvalue weighted by molar-refractivity contribution is -0.143. The molecule has 1 aliphatic rings. The number of anilines is 1. The number of nitrogens with one attached hydrogen (secondary N) is 1. The number of ether oxygens (including phenoxy) is 2. The van der Waals surface area contributed by atoms with E-state index in [1.165, 1.54) is 12.1 Å². The smallest absolute Gasteiger partial charge is 0.338 e. The van der Waals surface area contributed by atoms with Crippen molar-refractivity contribution in [1.29, 1.82) is 0 Å². The van der Waals surface area contributed by atoms with Crippen LogP contribution < -0.4 is 15.0 Å². The molecule has 3 rings (SSSR count). The van der Waals surface area contributed by atoms with Gasteiger partial charge in [-0.05, 0) is 62.8 Å². The number of allylic oxidation sites excluding steroid dienone is 1. The lowest BCUT2D eigenvalue weighted by Crippen LogP contribution is -2.48. The van der Waals surface area contributed by atoms with Crippen molar-refractivity contribution in [2.24, 2.45) is 0 Å². The van der Waals surface area contributed by atoms with Crippen LogP contribution in [0.15, 0.2) is 59.8 Å². The summed E-state index contributed by atoms with van der Waals surface area (Å²) in [4.78, 5) is 14.7. The molecule has 0 spiro atoms. The first kappa shape index (κ1) is 20.8. The van der Waals surface area contributed by atoms with Crippen molar-refractivity contribution in [3.05, 3.63) is 71.2 Å². The third kappa shape index (κ3) is 4.24. The number of nitrogens with zero attached hydrogens (tertiary/aromatic N) is 1. The van der Waals surface area contributed by atoms with Crippen LogP contribution in [0.4, 0.5) is 10.1 Å². The molecule has 29 heavy (non-hydrogen) atoms. The Morgan fingerprint density at radius 1 is 1.21 bits per heavy atom. The summed E-state index contributed by atoms with van der Waals surface area (Å²) in [6, 6.07) is 12.8. The SMILES string of the molecule is COc1ccccc1N1C(=S)N[C@@H](c2cccc(F)c2)C(C(=O)OC(C)C)=C1C. The highest BCUT2D eigenvalue weighted by Gasteiger charge is 2.36. The number of carbonyl (C=O) groups is 1. The second kappa shape index (κ2) is 8.61. The van der Waals surface area contributed by atoms with Crippen LogP contribution in [0.5, 0.6) is 5.75 Å². The number of thiocarbonyl (C=S) groups is 1. The Balaban J connectivity index is 2.17. The Labute approximate surface area is 175 Å². The summed E-state index contributed by atoms with van der Waals surface area (Å²) < 4.78 is 24.8. The highest BCUT2D eigenvalue weighted by atomic mass is 32.1. The minimum atomic E-state index is -0.629. The first-order valence-corrected chi connectivity index (χ1v) is 9.65. The Morgan fingerprint density at radius 2 is 1.93 bits per heavy atom. The summed E-state index contributed by atoms with van der Waals surface area (Å²) in [5.41, 5.74) is 2.24. The molecule has 2 aromatic carbocycles. The molecule has 0 unspecified atom stereocenters. The van der Waals surface area contributed by atoms with Crippen LogP contribution in [0.1, 0.15) is 32.4 Å². The summed E-state index contributed by atoms with van der Waals surface area (Å²) in [7, 11) is 1.57. The molecule has 7 heteroatoms. The number of halogens is 1. The Kier molecular flexibility index (Phi) is 6.17. The van der Waals surface area contributed by atoms with E-state index < -0.39 is 17.8 Å². The monoisotopic (exact) mass is 414 g/mol. The Hall–Kier alpha value is -2.93. The van der Waals surface area contributed by atoms with Crippen molar-refractivity contribution < 1.29 is 18.7 Å². The summed E-state index contributed by atoms with van der Waals surface area (Å²) >= 11 is 5.61. The van der Waals surface area contributed by atoms with E-state index in [9.17, 15) is 9.18 Å². The molecule has 1 N–H and O–H groups in total. The summed E-state index contributed by atoms with van der Waals surface area (Å²) in [6.07, 6.45) is -0.301. The summed E-state index contributed by atoms with van der Waals surface area (Å²) in [5.74, 6) is -0.268. The fourth-order valence-electron chi connectivity index (χ4n) is 3.33. The number of para-hydroxylation sites is 2. The zero-order valence-corrected chi connectivity index (χ0v) is 17.5. The molecule has 1 aliphatic heterocycles. The molecule has 0 aliphatic carbocycles. The van der Waals surface area contributed by atoms with Crippen molar-refractivity contribution in [1.82, 2.24) is 5.32 Å². The molecule has 0 saturated heterocycles.